The third kappa shape index (κ3) is 5.61. The molecule has 0 aliphatic rings. The Kier molecular flexibility index (Phi) is 6.68. The number of rotatable bonds is 9. The number of ether oxygens (including phenoxy) is 1. The van der Waals surface area contributed by atoms with Crippen molar-refractivity contribution in [1.29, 1.82) is 5.53 Å². The molecule has 0 aliphatic heterocycles. The zero-order valence-electron chi connectivity index (χ0n) is 16.0. The van der Waals surface area contributed by atoms with Crippen molar-refractivity contribution in [1.82, 2.24) is 4.98 Å². The van der Waals surface area contributed by atoms with E-state index in [4.69, 9.17) is 16.0 Å². The summed E-state index contributed by atoms with van der Waals surface area (Å²) in [6, 6.07) is 20.3. The van der Waals surface area contributed by atoms with Crippen molar-refractivity contribution in [3.63, 3.8) is 0 Å². The van der Waals surface area contributed by atoms with Gasteiger partial charge in [-0.25, -0.2) is 4.98 Å². The van der Waals surface area contributed by atoms with E-state index in [-0.39, 0.29) is 0 Å². The Bertz CT molecular complexity index is 953. The number of aromatic nitrogens is 1. The predicted octanol–water partition coefficient (Wildman–Crippen LogP) is 5.08. The van der Waals surface area contributed by atoms with Crippen LogP contribution < -0.4 is 10.5 Å². The summed E-state index contributed by atoms with van der Waals surface area (Å²) in [5.41, 5.74) is 15.5. The average molecular weight is 375 g/mol. The van der Waals surface area contributed by atoms with E-state index >= 15 is 0 Å². The number of hydrogen-bond acceptors (Lipinski definition) is 4. The normalized spacial score (nSPS) is 12.7. The molecule has 0 aliphatic carbocycles. The molecule has 3 rings (SSSR count). The van der Waals surface area contributed by atoms with E-state index in [2.05, 4.69) is 46.5 Å². The lowest BCUT2D eigenvalue weighted by molar-refractivity contribution is 0.301. The van der Waals surface area contributed by atoms with Crippen molar-refractivity contribution in [2.45, 2.75) is 32.8 Å². The van der Waals surface area contributed by atoms with Gasteiger partial charge in [0.05, 0.1) is 11.2 Å². The molecule has 0 saturated heterocycles. The van der Waals surface area contributed by atoms with E-state index in [9.17, 15) is 0 Å². The van der Waals surface area contributed by atoms with Crippen molar-refractivity contribution in [3.05, 3.63) is 71.9 Å². The zero-order chi connectivity index (χ0) is 19.8. The third-order valence-corrected chi connectivity index (χ3v) is 4.62. The summed E-state index contributed by atoms with van der Waals surface area (Å²) >= 11 is 0. The fourth-order valence-corrected chi connectivity index (χ4v) is 3.08. The number of pyridine rings is 1. The van der Waals surface area contributed by atoms with E-state index < -0.39 is 0 Å². The molecule has 6 heteroatoms. The standard InChI is InChI=1S/C22H25N5O/c1-16(6-13-22(23)26-27-24)14-17-7-11-20(12-8-17)28-15-19-10-9-18-4-2-3-5-21(18)25-19/h2-5,7-12,16H,6,13-15H2,1H3,(H3,23,24,26). The molecule has 3 aromatic rings. The number of para-hydroxylation sites is 1. The molecule has 0 radical (unpaired) electrons. The van der Waals surface area contributed by atoms with Gasteiger partial charge in [-0.15, -0.1) is 5.10 Å². The summed E-state index contributed by atoms with van der Waals surface area (Å²) in [5.74, 6) is 1.71. The SMILES string of the molecule is CC(CCC(N)=NN=N)Cc1ccc(OCc2ccc3ccccc3n2)cc1. The van der Waals surface area contributed by atoms with Gasteiger partial charge in [0.1, 0.15) is 18.2 Å². The third-order valence-electron chi connectivity index (χ3n) is 4.62. The molecular formula is C22H25N5O. The summed E-state index contributed by atoms with van der Waals surface area (Å²) in [6.07, 6.45) is 2.53. The van der Waals surface area contributed by atoms with Gasteiger partial charge in [-0.05, 0) is 48.6 Å². The average Bonchev–Trinajstić information content (AvgIpc) is 2.72. The maximum Gasteiger partial charge on any atom is 0.130 e. The number of fused-ring (bicyclic) bond motifs is 1. The molecule has 0 bridgehead atoms. The van der Waals surface area contributed by atoms with Crippen molar-refractivity contribution in [2.24, 2.45) is 22.0 Å². The van der Waals surface area contributed by atoms with Crippen LogP contribution in [0, 0.1) is 11.4 Å². The molecule has 1 aromatic heterocycles. The number of amidine groups is 1. The predicted molar refractivity (Wildman–Crippen MR) is 111 cm³/mol. The van der Waals surface area contributed by atoms with Gasteiger partial charge in [0.2, 0.25) is 0 Å². The van der Waals surface area contributed by atoms with Crippen LogP contribution in [-0.2, 0) is 13.0 Å². The molecule has 0 spiro atoms. The van der Waals surface area contributed by atoms with Crippen molar-refractivity contribution in [2.75, 3.05) is 0 Å². The Hall–Kier alpha value is -3.28. The molecule has 3 N–H and O–H groups in total. The van der Waals surface area contributed by atoms with E-state index in [0.29, 0.717) is 24.8 Å². The highest BCUT2D eigenvalue weighted by Crippen LogP contribution is 2.19. The first kappa shape index (κ1) is 19.5. The first-order valence-corrected chi connectivity index (χ1v) is 9.39. The molecule has 2 aromatic carbocycles. The van der Waals surface area contributed by atoms with Gasteiger partial charge < -0.3 is 10.5 Å². The second kappa shape index (κ2) is 9.60. The first-order valence-electron chi connectivity index (χ1n) is 9.39. The van der Waals surface area contributed by atoms with Gasteiger partial charge in [0.25, 0.3) is 0 Å². The largest absolute Gasteiger partial charge is 0.487 e. The summed E-state index contributed by atoms with van der Waals surface area (Å²) in [6.45, 7) is 2.63. The zero-order valence-corrected chi connectivity index (χ0v) is 16.0. The van der Waals surface area contributed by atoms with Crippen LogP contribution in [0.1, 0.15) is 31.0 Å². The second-order valence-electron chi connectivity index (χ2n) is 6.97. The van der Waals surface area contributed by atoms with Crippen LogP contribution in [0.4, 0.5) is 0 Å². The van der Waals surface area contributed by atoms with Gasteiger partial charge in [-0.2, -0.15) is 5.53 Å². The van der Waals surface area contributed by atoms with Crippen LogP contribution in [0.3, 0.4) is 0 Å². The second-order valence-corrected chi connectivity index (χ2v) is 6.97. The first-order chi connectivity index (χ1) is 13.6. The maximum atomic E-state index is 6.68. The highest BCUT2D eigenvalue weighted by atomic mass is 16.5. The van der Waals surface area contributed by atoms with Crippen LogP contribution in [0.5, 0.6) is 5.75 Å². The number of nitrogens with two attached hydrogens (primary N) is 1. The summed E-state index contributed by atoms with van der Waals surface area (Å²) in [4.78, 5) is 4.63. The van der Waals surface area contributed by atoms with Crippen molar-refractivity contribution < 1.29 is 4.74 Å². The Morgan fingerprint density at radius 2 is 1.89 bits per heavy atom. The fourth-order valence-electron chi connectivity index (χ4n) is 3.08. The number of benzene rings is 2. The van der Waals surface area contributed by atoms with Crippen LogP contribution in [0.25, 0.3) is 10.9 Å². The monoisotopic (exact) mass is 375 g/mol. The molecule has 0 fully saturated rings. The summed E-state index contributed by atoms with van der Waals surface area (Å²) < 4.78 is 5.88. The Labute approximate surface area is 165 Å². The lowest BCUT2D eigenvalue weighted by atomic mass is 9.96. The number of nitrogens with zero attached hydrogens (tertiary/aromatic N) is 3. The molecule has 1 atom stereocenters. The Balaban J connectivity index is 1.51. The molecule has 144 valence electrons. The Morgan fingerprint density at radius 3 is 2.68 bits per heavy atom. The fraction of sp³-hybridized carbons (Fsp3) is 0.273. The molecule has 0 amide bonds. The molecule has 6 nitrogen and oxygen atoms in total. The topological polar surface area (TPSA) is 96.7 Å². The molecule has 28 heavy (non-hydrogen) atoms. The molecule has 1 heterocycles. The molecule has 0 saturated carbocycles. The van der Waals surface area contributed by atoms with Gasteiger partial charge in [-0.3, -0.25) is 0 Å². The minimum Gasteiger partial charge on any atom is -0.487 e. The van der Waals surface area contributed by atoms with Gasteiger partial charge in [-0.1, -0.05) is 48.5 Å². The van der Waals surface area contributed by atoms with Crippen LogP contribution >= 0.6 is 0 Å². The number of nitrogens with one attached hydrogen (secondary N) is 1. The van der Waals surface area contributed by atoms with E-state index in [1.165, 1.54) is 5.56 Å². The maximum absolute atomic E-state index is 6.68. The lowest BCUT2D eigenvalue weighted by Crippen LogP contribution is -2.13. The van der Waals surface area contributed by atoms with Crippen LogP contribution in [0.2, 0.25) is 0 Å². The summed E-state index contributed by atoms with van der Waals surface area (Å²) in [5, 5.41) is 7.63. The summed E-state index contributed by atoms with van der Waals surface area (Å²) in [7, 11) is 0. The molecular weight excluding hydrogens is 350 g/mol. The number of hydrogen-bond donors (Lipinski definition) is 2. The highest BCUT2D eigenvalue weighted by molar-refractivity contribution is 5.80. The van der Waals surface area contributed by atoms with Crippen molar-refractivity contribution in [3.8, 4) is 5.75 Å². The Morgan fingerprint density at radius 1 is 1.11 bits per heavy atom. The molecule has 1 unspecified atom stereocenters. The van der Waals surface area contributed by atoms with Gasteiger partial charge >= 0.3 is 0 Å². The van der Waals surface area contributed by atoms with E-state index in [1.54, 1.807) is 0 Å². The van der Waals surface area contributed by atoms with Gasteiger partial charge in [0, 0.05) is 11.8 Å². The minimum absolute atomic E-state index is 0.410. The quantitative estimate of drug-likeness (QED) is 0.236. The van der Waals surface area contributed by atoms with Crippen molar-refractivity contribution >= 4 is 16.7 Å². The van der Waals surface area contributed by atoms with Crippen LogP contribution in [-0.4, -0.2) is 10.8 Å². The van der Waals surface area contributed by atoms with E-state index in [1.807, 2.05) is 36.4 Å². The lowest BCUT2D eigenvalue weighted by Gasteiger charge is -2.12. The highest BCUT2D eigenvalue weighted by Gasteiger charge is 2.06. The van der Waals surface area contributed by atoms with Crippen LogP contribution in [0.15, 0.2) is 71.0 Å². The minimum atomic E-state index is 0.410. The van der Waals surface area contributed by atoms with E-state index in [0.717, 1.165) is 35.2 Å². The van der Waals surface area contributed by atoms with Gasteiger partial charge in [0.15, 0.2) is 0 Å². The smallest absolute Gasteiger partial charge is 0.130 e.